The molecule has 3 nitrogen and oxygen atoms in total. The van der Waals surface area contributed by atoms with Crippen LogP contribution in [-0.2, 0) is 0 Å². The van der Waals surface area contributed by atoms with Gasteiger partial charge in [0.15, 0.2) is 0 Å². The second-order valence-corrected chi connectivity index (χ2v) is 1.93. The summed E-state index contributed by atoms with van der Waals surface area (Å²) in [5.74, 6) is -0.931. The van der Waals surface area contributed by atoms with E-state index in [-0.39, 0.29) is 5.56 Å². The molecule has 0 aromatic heterocycles. The minimum atomic E-state index is -0.931. The summed E-state index contributed by atoms with van der Waals surface area (Å²) in [6.07, 6.45) is 0. The number of carbonyl (C=O) groups is 1. The number of carboxylic acids is 1. The van der Waals surface area contributed by atoms with E-state index in [0.29, 0.717) is 5.69 Å². The highest BCUT2D eigenvalue weighted by Gasteiger charge is 1.98. The number of rotatable bonds is 1. The molecule has 52 valence electrons. The van der Waals surface area contributed by atoms with Gasteiger partial charge in [-0.3, -0.25) is 0 Å². The standard InChI is InChI=1S/C7H7NO2/c8-6-3-1-5(2-4-6)7(9)10/h1-4H,8H2,(H,9,10)/i5+1. The average molecular weight is 138 g/mol. The van der Waals surface area contributed by atoms with Gasteiger partial charge in [-0.1, -0.05) is 0 Å². The Hall–Kier alpha value is -1.51. The van der Waals surface area contributed by atoms with Crippen LogP contribution in [-0.4, -0.2) is 11.1 Å². The third-order valence-corrected chi connectivity index (χ3v) is 1.16. The van der Waals surface area contributed by atoms with Gasteiger partial charge in [0.1, 0.15) is 0 Å². The zero-order valence-electron chi connectivity index (χ0n) is 5.24. The fourth-order valence-corrected chi connectivity index (χ4v) is 0.626. The van der Waals surface area contributed by atoms with Crippen molar-refractivity contribution in [3.05, 3.63) is 29.8 Å². The molecule has 0 bridgehead atoms. The van der Waals surface area contributed by atoms with Crippen LogP contribution in [0.5, 0.6) is 0 Å². The lowest BCUT2D eigenvalue weighted by Gasteiger charge is -1.93. The molecular weight excluding hydrogens is 131 g/mol. The highest BCUT2D eigenvalue weighted by Crippen LogP contribution is 2.04. The zero-order chi connectivity index (χ0) is 7.56. The van der Waals surface area contributed by atoms with Gasteiger partial charge in [-0.05, 0) is 24.3 Å². The number of nitrogen functional groups attached to an aromatic ring is 1. The lowest BCUT2D eigenvalue weighted by molar-refractivity contribution is 0.0697. The van der Waals surface area contributed by atoms with Crippen LogP contribution >= 0.6 is 0 Å². The minimum Gasteiger partial charge on any atom is -0.478 e. The Morgan fingerprint density at radius 1 is 1.30 bits per heavy atom. The molecule has 0 radical (unpaired) electrons. The van der Waals surface area contributed by atoms with Crippen molar-refractivity contribution in [1.29, 1.82) is 0 Å². The van der Waals surface area contributed by atoms with Crippen molar-refractivity contribution in [3.63, 3.8) is 0 Å². The Balaban J connectivity index is 3.00. The van der Waals surface area contributed by atoms with Crippen LogP contribution in [0.15, 0.2) is 24.3 Å². The first-order valence-corrected chi connectivity index (χ1v) is 2.79. The summed E-state index contributed by atoms with van der Waals surface area (Å²) in [6.45, 7) is 0. The van der Waals surface area contributed by atoms with Gasteiger partial charge in [0.2, 0.25) is 0 Å². The van der Waals surface area contributed by atoms with E-state index in [0.717, 1.165) is 0 Å². The summed E-state index contributed by atoms with van der Waals surface area (Å²) < 4.78 is 0. The predicted octanol–water partition coefficient (Wildman–Crippen LogP) is 0.967. The molecule has 0 atom stereocenters. The Labute approximate surface area is 58.1 Å². The molecule has 1 aromatic rings. The third-order valence-electron chi connectivity index (χ3n) is 1.16. The molecule has 1 aromatic carbocycles. The van der Waals surface area contributed by atoms with Gasteiger partial charge in [-0.25, -0.2) is 4.79 Å². The maximum Gasteiger partial charge on any atom is 0.335 e. The van der Waals surface area contributed by atoms with Gasteiger partial charge < -0.3 is 10.8 Å². The van der Waals surface area contributed by atoms with Gasteiger partial charge in [0, 0.05) is 5.69 Å². The maximum absolute atomic E-state index is 10.3. The van der Waals surface area contributed by atoms with Crippen LogP contribution < -0.4 is 5.73 Å². The number of hydrogen-bond acceptors (Lipinski definition) is 2. The van der Waals surface area contributed by atoms with E-state index in [1.807, 2.05) is 0 Å². The van der Waals surface area contributed by atoms with Gasteiger partial charge in [0.05, 0.1) is 5.56 Å². The minimum absolute atomic E-state index is 0.259. The van der Waals surface area contributed by atoms with Crippen LogP contribution in [0.25, 0.3) is 0 Å². The van der Waals surface area contributed by atoms with Gasteiger partial charge in [-0.2, -0.15) is 0 Å². The van der Waals surface area contributed by atoms with E-state index >= 15 is 0 Å². The summed E-state index contributed by atoms with van der Waals surface area (Å²) in [6, 6.07) is 6.06. The lowest BCUT2D eigenvalue weighted by atomic mass is 10.4. The van der Waals surface area contributed by atoms with Crippen LogP contribution in [0, 0.1) is 0 Å². The molecule has 0 heterocycles. The Morgan fingerprint density at radius 3 is 2.20 bits per heavy atom. The van der Waals surface area contributed by atoms with Crippen molar-refractivity contribution in [1.82, 2.24) is 0 Å². The van der Waals surface area contributed by atoms with Crippen LogP contribution in [0.3, 0.4) is 0 Å². The first-order chi connectivity index (χ1) is 4.70. The molecule has 0 spiro atoms. The van der Waals surface area contributed by atoms with E-state index in [2.05, 4.69) is 0 Å². The first kappa shape index (κ1) is 6.61. The van der Waals surface area contributed by atoms with Crippen LogP contribution in [0.1, 0.15) is 10.4 Å². The highest BCUT2D eigenvalue weighted by atomic mass is 16.4. The molecule has 0 unspecified atom stereocenters. The SMILES string of the molecule is Nc1cc[13c](C(=O)O)cc1. The number of aromatic carboxylic acids is 1. The predicted molar refractivity (Wildman–Crippen MR) is 37.8 cm³/mol. The van der Waals surface area contributed by atoms with E-state index < -0.39 is 5.97 Å². The quantitative estimate of drug-likeness (QED) is 0.568. The van der Waals surface area contributed by atoms with Crippen LogP contribution in [0.2, 0.25) is 0 Å². The van der Waals surface area contributed by atoms with E-state index in [1.54, 1.807) is 12.1 Å². The summed E-state index contributed by atoms with van der Waals surface area (Å²) >= 11 is 0. The van der Waals surface area contributed by atoms with E-state index in [9.17, 15) is 4.79 Å². The van der Waals surface area contributed by atoms with E-state index in [4.69, 9.17) is 10.8 Å². The van der Waals surface area contributed by atoms with Crippen LogP contribution in [0.4, 0.5) is 5.69 Å². The molecule has 1 rings (SSSR count). The Morgan fingerprint density at radius 2 is 1.80 bits per heavy atom. The fourth-order valence-electron chi connectivity index (χ4n) is 0.626. The number of benzene rings is 1. The molecule has 0 aliphatic carbocycles. The molecule has 0 aliphatic heterocycles. The summed E-state index contributed by atoms with van der Waals surface area (Å²) in [7, 11) is 0. The van der Waals surface area contributed by atoms with Crippen molar-refractivity contribution in [2.75, 3.05) is 5.73 Å². The normalized spacial score (nSPS) is 9.20. The first-order valence-electron chi connectivity index (χ1n) is 2.79. The van der Waals surface area contributed by atoms with Crippen molar-refractivity contribution < 1.29 is 9.90 Å². The molecule has 0 amide bonds. The molecular formula is C7H7NO2. The zero-order valence-corrected chi connectivity index (χ0v) is 5.24. The van der Waals surface area contributed by atoms with Crippen molar-refractivity contribution >= 4 is 11.7 Å². The number of anilines is 1. The molecule has 0 aliphatic rings. The molecule has 0 fully saturated rings. The average Bonchev–Trinajstić information content (AvgIpc) is 1.88. The monoisotopic (exact) mass is 138 g/mol. The summed E-state index contributed by atoms with van der Waals surface area (Å²) in [5.41, 5.74) is 6.17. The number of nitrogens with two attached hydrogens (primary N) is 1. The molecule has 10 heavy (non-hydrogen) atoms. The largest absolute Gasteiger partial charge is 0.478 e. The van der Waals surface area contributed by atoms with E-state index in [1.165, 1.54) is 12.1 Å². The maximum atomic E-state index is 10.3. The molecule has 3 N–H and O–H groups in total. The number of carboxylic acid groups (broad SMARTS) is 1. The molecule has 3 heteroatoms. The van der Waals surface area contributed by atoms with Crippen molar-refractivity contribution in [3.8, 4) is 0 Å². The molecule has 0 saturated heterocycles. The third kappa shape index (κ3) is 1.25. The topological polar surface area (TPSA) is 63.3 Å². The molecule has 0 saturated carbocycles. The second kappa shape index (κ2) is 2.39. The smallest absolute Gasteiger partial charge is 0.335 e. The lowest BCUT2D eigenvalue weighted by Crippen LogP contribution is -1.95. The van der Waals surface area contributed by atoms with Gasteiger partial charge in [-0.15, -0.1) is 0 Å². The second-order valence-electron chi connectivity index (χ2n) is 1.93. The Bertz CT molecular complexity index is 240. The Kier molecular flexibility index (Phi) is 1.58. The highest BCUT2D eigenvalue weighted by molar-refractivity contribution is 5.87. The summed E-state index contributed by atoms with van der Waals surface area (Å²) in [4.78, 5) is 10.3. The number of hydrogen-bond donors (Lipinski definition) is 2. The van der Waals surface area contributed by atoms with Gasteiger partial charge in [0.25, 0.3) is 0 Å². The van der Waals surface area contributed by atoms with Crippen molar-refractivity contribution in [2.45, 2.75) is 0 Å². The van der Waals surface area contributed by atoms with Gasteiger partial charge >= 0.3 is 5.97 Å². The van der Waals surface area contributed by atoms with Crippen molar-refractivity contribution in [2.24, 2.45) is 0 Å². The summed E-state index contributed by atoms with van der Waals surface area (Å²) in [5, 5.41) is 8.43. The fraction of sp³-hybridized carbons (Fsp3) is 0.